The monoisotopic (exact) mass is 484 g/mol. The zero-order valence-electron chi connectivity index (χ0n) is 17.2. The van der Waals surface area contributed by atoms with Gasteiger partial charge < -0.3 is 9.64 Å². The molecule has 0 saturated carbocycles. The average molecular weight is 485 g/mol. The van der Waals surface area contributed by atoms with Gasteiger partial charge in [0.05, 0.1) is 12.2 Å². The molecule has 3 aromatic rings. The second-order valence-corrected chi connectivity index (χ2v) is 9.06. The number of nitrogens with zero attached hydrogens (tertiary/aromatic N) is 2. The number of para-hydroxylation sites is 1. The van der Waals surface area contributed by atoms with Gasteiger partial charge in [0, 0.05) is 22.0 Å². The summed E-state index contributed by atoms with van der Waals surface area (Å²) in [5.41, 5.74) is 2.67. The first-order chi connectivity index (χ1) is 14.5. The van der Waals surface area contributed by atoms with Crippen molar-refractivity contribution >= 4 is 33.2 Å². The van der Waals surface area contributed by atoms with E-state index in [1.54, 1.807) is 22.3 Å². The molecule has 0 unspecified atom stereocenters. The van der Waals surface area contributed by atoms with Crippen LogP contribution in [0.25, 0.3) is 0 Å². The number of carbonyl (C=O) groups excluding carboxylic acids is 1. The predicted molar refractivity (Wildman–Crippen MR) is 126 cm³/mol. The minimum Gasteiger partial charge on any atom is -0.486 e. The number of carbonyl (C=O) groups is 1. The van der Waals surface area contributed by atoms with E-state index in [0.717, 1.165) is 20.9 Å². The SMILES string of the molecule is C=CCN(Cc1csc(COc2ccccc2C(C)C)n1)C(=O)c1cccc(Br)c1. The lowest BCUT2D eigenvalue weighted by molar-refractivity contribution is 0.0761. The summed E-state index contributed by atoms with van der Waals surface area (Å²) < 4.78 is 6.90. The molecular formula is C24H25BrN2O2S. The van der Waals surface area contributed by atoms with Gasteiger partial charge in [0.15, 0.2) is 0 Å². The molecule has 1 heterocycles. The first-order valence-corrected chi connectivity index (χ1v) is 11.5. The van der Waals surface area contributed by atoms with E-state index in [9.17, 15) is 4.79 Å². The van der Waals surface area contributed by atoms with Crippen LogP contribution in [-0.2, 0) is 13.2 Å². The van der Waals surface area contributed by atoms with Crippen molar-refractivity contribution in [2.24, 2.45) is 0 Å². The first-order valence-electron chi connectivity index (χ1n) is 9.78. The van der Waals surface area contributed by atoms with Crippen molar-refractivity contribution in [2.75, 3.05) is 6.54 Å². The van der Waals surface area contributed by atoms with Crippen molar-refractivity contribution in [1.82, 2.24) is 9.88 Å². The van der Waals surface area contributed by atoms with Gasteiger partial charge in [-0.25, -0.2) is 4.98 Å². The highest BCUT2D eigenvalue weighted by Gasteiger charge is 2.17. The Morgan fingerprint density at radius 2 is 2.07 bits per heavy atom. The Kier molecular flexibility index (Phi) is 7.82. The Morgan fingerprint density at radius 1 is 1.27 bits per heavy atom. The fraction of sp³-hybridized carbons (Fsp3) is 0.250. The number of rotatable bonds is 9. The standard InChI is InChI=1S/C24H25BrN2O2S/c1-4-12-27(24(28)18-8-7-9-19(25)13-18)14-20-16-30-23(26-20)15-29-22-11-6-5-10-21(22)17(2)3/h4-11,13,16-17H,1,12,14-15H2,2-3H3. The van der Waals surface area contributed by atoms with E-state index in [1.807, 2.05) is 47.8 Å². The van der Waals surface area contributed by atoms with Gasteiger partial charge in [-0.3, -0.25) is 4.79 Å². The molecule has 30 heavy (non-hydrogen) atoms. The number of halogens is 1. The lowest BCUT2D eigenvalue weighted by atomic mass is 10.0. The van der Waals surface area contributed by atoms with E-state index >= 15 is 0 Å². The van der Waals surface area contributed by atoms with Crippen LogP contribution < -0.4 is 4.74 Å². The van der Waals surface area contributed by atoms with E-state index in [4.69, 9.17) is 4.74 Å². The molecule has 0 bridgehead atoms. The molecule has 3 rings (SSSR count). The van der Waals surface area contributed by atoms with Gasteiger partial charge in [-0.1, -0.05) is 60.1 Å². The van der Waals surface area contributed by atoms with Crippen LogP contribution in [0.2, 0.25) is 0 Å². The summed E-state index contributed by atoms with van der Waals surface area (Å²) in [6.07, 6.45) is 1.73. The first kappa shape index (κ1) is 22.2. The van der Waals surface area contributed by atoms with E-state index in [0.29, 0.717) is 31.2 Å². The molecule has 4 nitrogen and oxygen atoms in total. The third-order valence-electron chi connectivity index (χ3n) is 4.55. The molecule has 0 fully saturated rings. The van der Waals surface area contributed by atoms with Gasteiger partial charge in [-0.05, 0) is 35.7 Å². The van der Waals surface area contributed by atoms with Gasteiger partial charge in [-0.2, -0.15) is 0 Å². The number of ether oxygens (including phenoxy) is 1. The molecule has 1 amide bonds. The Bertz CT molecular complexity index is 1020. The number of thiazole rings is 1. The lowest BCUT2D eigenvalue weighted by Gasteiger charge is -2.20. The van der Waals surface area contributed by atoms with Crippen molar-refractivity contribution in [1.29, 1.82) is 0 Å². The molecule has 6 heteroatoms. The summed E-state index contributed by atoms with van der Waals surface area (Å²) in [4.78, 5) is 19.3. The Hall–Kier alpha value is -2.44. The van der Waals surface area contributed by atoms with Crippen LogP contribution in [0.3, 0.4) is 0 Å². The molecule has 0 saturated heterocycles. The number of benzene rings is 2. The molecule has 0 atom stereocenters. The Labute approximate surface area is 190 Å². The smallest absolute Gasteiger partial charge is 0.254 e. The van der Waals surface area contributed by atoms with Gasteiger partial charge in [0.2, 0.25) is 0 Å². The third-order valence-corrected chi connectivity index (χ3v) is 5.92. The normalized spacial score (nSPS) is 10.8. The molecule has 156 valence electrons. The fourth-order valence-electron chi connectivity index (χ4n) is 3.09. The van der Waals surface area contributed by atoms with Crippen molar-refractivity contribution < 1.29 is 9.53 Å². The molecule has 2 aromatic carbocycles. The van der Waals surface area contributed by atoms with Crippen molar-refractivity contribution in [3.63, 3.8) is 0 Å². The second-order valence-electron chi connectivity index (χ2n) is 7.20. The summed E-state index contributed by atoms with van der Waals surface area (Å²) >= 11 is 4.97. The minimum atomic E-state index is -0.0483. The number of aromatic nitrogens is 1. The number of amides is 1. The highest BCUT2D eigenvalue weighted by molar-refractivity contribution is 9.10. The Morgan fingerprint density at radius 3 is 2.80 bits per heavy atom. The average Bonchev–Trinajstić information content (AvgIpc) is 3.19. The second kappa shape index (κ2) is 10.5. The zero-order valence-corrected chi connectivity index (χ0v) is 19.6. The molecule has 0 spiro atoms. The van der Waals surface area contributed by atoms with Crippen LogP contribution in [0.4, 0.5) is 0 Å². The number of hydrogen-bond donors (Lipinski definition) is 0. The van der Waals surface area contributed by atoms with Crippen LogP contribution in [-0.4, -0.2) is 22.3 Å². The highest BCUT2D eigenvalue weighted by atomic mass is 79.9. The molecule has 0 aliphatic rings. The van der Waals surface area contributed by atoms with Crippen LogP contribution in [0.5, 0.6) is 5.75 Å². The lowest BCUT2D eigenvalue weighted by Crippen LogP contribution is -2.30. The molecule has 0 N–H and O–H groups in total. The van der Waals surface area contributed by atoms with E-state index in [1.165, 1.54) is 5.56 Å². The fourth-order valence-corrected chi connectivity index (χ4v) is 4.19. The summed E-state index contributed by atoms with van der Waals surface area (Å²) in [7, 11) is 0. The van der Waals surface area contributed by atoms with Crippen molar-refractivity contribution in [2.45, 2.75) is 32.9 Å². The maximum atomic E-state index is 12.9. The van der Waals surface area contributed by atoms with Crippen LogP contribution in [0.15, 0.2) is 71.0 Å². The van der Waals surface area contributed by atoms with Crippen molar-refractivity contribution in [3.05, 3.63) is 92.9 Å². The number of hydrogen-bond acceptors (Lipinski definition) is 4. The molecular weight excluding hydrogens is 460 g/mol. The third kappa shape index (κ3) is 5.80. The summed E-state index contributed by atoms with van der Waals surface area (Å²) in [6, 6.07) is 15.5. The zero-order chi connectivity index (χ0) is 21.5. The molecule has 0 aliphatic heterocycles. The van der Waals surface area contributed by atoms with Gasteiger partial charge in [0.1, 0.15) is 17.4 Å². The predicted octanol–water partition coefficient (Wildman–Crippen LogP) is 6.44. The summed E-state index contributed by atoms with van der Waals surface area (Å²) in [5, 5.41) is 2.87. The van der Waals surface area contributed by atoms with Gasteiger partial charge in [0.25, 0.3) is 5.91 Å². The molecule has 0 aliphatic carbocycles. The maximum Gasteiger partial charge on any atom is 0.254 e. The van der Waals surface area contributed by atoms with Crippen LogP contribution >= 0.6 is 27.3 Å². The summed E-state index contributed by atoms with van der Waals surface area (Å²) in [5.74, 6) is 1.24. The highest BCUT2D eigenvalue weighted by Crippen LogP contribution is 2.27. The Balaban J connectivity index is 1.67. The largest absolute Gasteiger partial charge is 0.486 e. The van der Waals surface area contributed by atoms with Crippen molar-refractivity contribution in [3.8, 4) is 5.75 Å². The molecule has 0 radical (unpaired) electrons. The molecule has 1 aromatic heterocycles. The quantitative estimate of drug-likeness (QED) is 0.328. The van der Waals surface area contributed by atoms with Gasteiger partial charge >= 0.3 is 0 Å². The topological polar surface area (TPSA) is 42.4 Å². The van der Waals surface area contributed by atoms with Gasteiger partial charge in [-0.15, -0.1) is 17.9 Å². The van der Waals surface area contributed by atoms with Crippen LogP contribution in [0.1, 0.15) is 46.4 Å². The summed E-state index contributed by atoms with van der Waals surface area (Å²) in [6.45, 7) is 9.39. The van der Waals surface area contributed by atoms with E-state index < -0.39 is 0 Å². The van der Waals surface area contributed by atoms with Crippen LogP contribution in [0, 0.1) is 0 Å². The van der Waals surface area contributed by atoms with E-state index in [-0.39, 0.29) is 5.91 Å². The van der Waals surface area contributed by atoms with E-state index in [2.05, 4.69) is 47.4 Å². The minimum absolute atomic E-state index is 0.0483. The maximum absolute atomic E-state index is 12.9.